The SMILES string of the molecule is NCc1cnn(-c2cc(C(N)=O)nc3c2CCN(Cc2ccnc(C(F)(F)F)c2)C3)c1. The highest BCUT2D eigenvalue weighted by Gasteiger charge is 2.32. The lowest BCUT2D eigenvalue weighted by Gasteiger charge is -2.29. The van der Waals surface area contributed by atoms with Crippen LogP contribution in [0.1, 0.15) is 38.6 Å². The number of aromatic nitrogens is 4. The number of amides is 1. The van der Waals surface area contributed by atoms with Crippen LogP contribution < -0.4 is 11.5 Å². The van der Waals surface area contributed by atoms with Gasteiger partial charge in [0.25, 0.3) is 5.91 Å². The molecule has 0 spiro atoms. The number of hydrogen-bond acceptors (Lipinski definition) is 6. The molecular weight excluding hydrogens is 411 g/mol. The molecule has 162 valence electrons. The Morgan fingerprint density at radius 1 is 1.23 bits per heavy atom. The fourth-order valence-corrected chi connectivity index (χ4v) is 3.62. The lowest BCUT2D eigenvalue weighted by molar-refractivity contribution is -0.141. The van der Waals surface area contributed by atoms with Gasteiger partial charge in [-0.1, -0.05) is 0 Å². The number of primary amides is 1. The van der Waals surface area contributed by atoms with Gasteiger partial charge < -0.3 is 11.5 Å². The molecule has 0 radical (unpaired) electrons. The van der Waals surface area contributed by atoms with Crippen LogP contribution in [-0.2, 0) is 32.2 Å². The maximum absolute atomic E-state index is 13.0. The summed E-state index contributed by atoms with van der Waals surface area (Å²) in [5.74, 6) is -0.670. The van der Waals surface area contributed by atoms with Crippen LogP contribution in [0.5, 0.6) is 0 Å². The number of nitrogens with two attached hydrogens (primary N) is 2. The van der Waals surface area contributed by atoms with Gasteiger partial charge in [0, 0.05) is 49.7 Å². The van der Waals surface area contributed by atoms with Gasteiger partial charge in [0.2, 0.25) is 0 Å². The fraction of sp³-hybridized carbons (Fsp3) is 0.300. The van der Waals surface area contributed by atoms with Crippen LogP contribution in [0.25, 0.3) is 5.69 Å². The van der Waals surface area contributed by atoms with Gasteiger partial charge in [-0.15, -0.1) is 0 Å². The molecule has 1 aliphatic heterocycles. The Bertz CT molecular complexity index is 1130. The molecule has 0 aliphatic carbocycles. The fourth-order valence-electron chi connectivity index (χ4n) is 3.62. The average Bonchev–Trinajstić information content (AvgIpc) is 3.21. The number of halogens is 3. The third kappa shape index (κ3) is 4.42. The summed E-state index contributed by atoms with van der Waals surface area (Å²) in [5.41, 5.74) is 13.9. The van der Waals surface area contributed by atoms with E-state index in [-0.39, 0.29) is 5.69 Å². The molecule has 1 aliphatic rings. The van der Waals surface area contributed by atoms with Crippen molar-refractivity contribution in [3.05, 3.63) is 70.6 Å². The van der Waals surface area contributed by atoms with E-state index in [1.54, 1.807) is 29.2 Å². The van der Waals surface area contributed by atoms with E-state index in [0.29, 0.717) is 49.5 Å². The second-order valence-corrected chi connectivity index (χ2v) is 7.32. The molecule has 0 saturated carbocycles. The molecule has 4 rings (SSSR count). The van der Waals surface area contributed by atoms with Gasteiger partial charge >= 0.3 is 6.18 Å². The number of nitrogens with zero attached hydrogens (tertiary/aromatic N) is 5. The molecule has 3 aromatic heterocycles. The smallest absolute Gasteiger partial charge is 0.364 e. The highest BCUT2D eigenvalue weighted by Crippen LogP contribution is 2.29. The number of rotatable bonds is 5. The third-order valence-corrected chi connectivity index (χ3v) is 5.13. The van der Waals surface area contributed by atoms with E-state index in [1.807, 2.05) is 4.90 Å². The molecular formula is C20H20F3N7O. The van der Waals surface area contributed by atoms with E-state index < -0.39 is 17.8 Å². The van der Waals surface area contributed by atoms with E-state index in [0.717, 1.165) is 23.4 Å². The minimum Gasteiger partial charge on any atom is -0.364 e. The molecule has 0 fully saturated rings. The molecule has 0 saturated heterocycles. The van der Waals surface area contributed by atoms with Gasteiger partial charge in [-0.2, -0.15) is 18.3 Å². The summed E-state index contributed by atoms with van der Waals surface area (Å²) in [5, 5.41) is 4.31. The molecule has 0 atom stereocenters. The van der Waals surface area contributed by atoms with Gasteiger partial charge in [0.15, 0.2) is 0 Å². The van der Waals surface area contributed by atoms with Crippen LogP contribution in [0, 0.1) is 0 Å². The zero-order valence-electron chi connectivity index (χ0n) is 16.4. The normalized spacial score (nSPS) is 14.5. The first-order valence-corrected chi connectivity index (χ1v) is 9.55. The van der Waals surface area contributed by atoms with Gasteiger partial charge in [-0.05, 0) is 30.2 Å². The summed E-state index contributed by atoms with van der Waals surface area (Å²) in [4.78, 5) is 21.6. The first-order chi connectivity index (χ1) is 14.7. The molecule has 0 aromatic carbocycles. The molecule has 3 aromatic rings. The van der Waals surface area contributed by atoms with Crippen LogP contribution in [0.15, 0.2) is 36.8 Å². The van der Waals surface area contributed by atoms with Crippen molar-refractivity contribution in [3.63, 3.8) is 0 Å². The lowest BCUT2D eigenvalue weighted by atomic mass is 10.0. The molecule has 8 nitrogen and oxygen atoms in total. The second kappa shape index (κ2) is 8.08. The number of carbonyl (C=O) groups excluding carboxylic acids is 1. The second-order valence-electron chi connectivity index (χ2n) is 7.32. The van der Waals surface area contributed by atoms with Crippen molar-refractivity contribution in [3.8, 4) is 5.69 Å². The number of fused-ring (bicyclic) bond motifs is 1. The largest absolute Gasteiger partial charge is 0.433 e. The monoisotopic (exact) mass is 431 g/mol. The maximum atomic E-state index is 13.0. The highest BCUT2D eigenvalue weighted by atomic mass is 19.4. The van der Waals surface area contributed by atoms with Crippen molar-refractivity contribution >= 4 is 5.91 Å². The molecule has 0 unspecified atom stereocenters. The Balaban J connectivity index is 1.64. The van der Waals surface area contributed by atoms with Crippen LogP contribution >= 0.6 is 0 Å². The van der Waals surface area contributed by atoms with Crippen LogP contribution in [0.3, 0.4) is 0 Å². The quantitative estimate of drug-likeness (QED) is 0.636. The number of carbonyl (C=O) groups is 1. The average molecular weight is 431 g/mol. The summed E-state index contributed by atoms with van der Waals surface area (Å²) >= 11 is 0. The molecule has 31 heavy (non-hydrogen) atoms. The predicted octanol–water partition coefficient (Wildman–Crippen LogP) is 1.80. The zero-order valence-corrected chi connectivity index (χ0v) is 16.4. The van der Waals surface area contributed by atoms with Crippen molar-refractivity contribution in [2.75, 3.05) is 6.54 Å². The van der Waals surface area contributed by atoms with Crippen molar-refractivity contribution in [1.82, 2.24) is 24.6 Å². The van der Waals surface area contributed by atoms with Gasteiger partial charge in [-0.25, -0.2) is 9.67 Å². The first kappa shape index (κ1) is 20.9. The Morgan fingerprint density at radius 2 is 2.03 bits per heavy atom. The molecule has 4 heterocycles. The number of pyridine rings is 2. The Labute approximate surface area is 175 Å². The molecule has 0 bridgehead atoms. The van der Waals surface area contributed by atoms with Gasteiger partial charge in [-0.3, -0.25) is 14.7 Å². The topological polar surface area (TPSA) is 116 Å². The van der Waals surface area contributed by atoms with Crippen LogP contribution in [-0.4, -0.2) is 37.1 Å². The summed E-state index contributed by atoms with van der Waals surface area (Å²) in [6.45, 7) is 1.59. The standard InChI is InChI=1S/C20H20F3N7O/c21-20(22,23)18-5-12(1-3-26-18)9-29-4-2-14-16(11-29)28-15(19(25)31)6-17(14)30-10-13(7-24)8-27-30/h1,3,5-6,8,10H,2,4,7,9,11,24H2,(H2,25,31). The van der Waals surface area contributed by atoms with Crippen molar-refractivity contribution in [2.45, 2.75) is 32.2 Å². The van der Waals surface area contributed by atoms with E-state index in [4.69, 9.17) is 11.5 Å². The maximum Gasteiger partial charge on any atom is 0.433 e. The predicted molar refractivity (Wildman–Crippen MR) is 105 cm³/mol. The van der Waals surface area contributed by atoms with Gasteiger partial charge in [0.05, 0.1) is 17.6 Å². The van der Waals surface area contributed by atoms with E-state index in [1.165, 1.54) is 0 Å². The Morgan fingerprint density at radius 3 is 2.71 bits per heavy atom. The summed E-state index contributed by atoms with van der Waals surface area (Å²) in [7, 11) is 0. The zero-order chi connectivity index (χ0) is 22.2. The van der Waals surface area contributed by atoms with E-state index in [2.05, 4.69) is 15.1 Å². The van der Waals surface area contributed by atoms with Crippen molar-refractivity contribution in [2.24, 2.45) is 11.5 Å². The lowest BCUT2D eigenvalue weighted by Crippen LogP contribution is -2.32. The molecule has 11 heteroatoms. The molecule has 1 amide bonds. The van der Waals surface area contributed by atoms with E-state index in [9.17, 15) is 18.0 Å². The van der Waals surface area contributed by atoms with E-state index >= 15 is 0 Å². The van der Waals surface area contributed by atoms with Crippen molar-refractivity contribution in [1.29, 1.82) is 0 Å². The van der Waals surface area contributed by atoms with Crippen molar-refractivity contribution < 1.29 is 18.0 Å². The summed E-state index contributed by atoms with van der Waals surface area (Å²) < 4.78 is 40.5. The Hall–Kier alpha value is -3.31. The molecule has 4 N–H and O–H groups in total. The summed E-state index contributed by atoms with van der Waals surface area (Å²) in [6, 6.07) is 4.20. The minimum absolute atomic E-state index is 0.101. The van der Waals surface area contributed by atoms with Crippen LogP contribution in [0.2, 0.25) is 0 Å². The van der Waals surface area contributed by atoms with Crippen LogP contribution in [0.4, 0.5) is 13.2 Å². The minimum atomic E-state index is -4.50. The Kier molecular flexibility index (Phi) is 5.46. The number of alkyl halides is 3. The van der Waals surface area contributed by atoms with Gasteiger partial charge in [0.1, 0.15) is 11.4 Å². The number of hydrogen-bond donors (Lipinski definition) is 2. The first-order valence-electron chi connectivity index (χ1n) is 9.55. The third-order valence-electron chi connectivity index (χ3n) is 5.13. The summed E-state index contributed by atoms with van der Waals surface area (Å²) in [6.07, 6.45) is 0.676. The highest BCUT2D eigenvalue weighted by molar-refractivity contribution is 5.91.